The van der Waals surface area contributed by atoms with Gasteiger partial charge in [0.05, 0.1) is 0 Å². The topological polar surface area (TPSA) is 52.0 Å². The minimum atomic E-state index is 0.609. The maximum atomic E-state index is 6.64. The molecule has 0 spiro atoms. The highest BCUT2D eigenvalue weighted by atomic mass is 14.6. The van der Waals surface area contributed by atoms with Crippen molar-refractivity contribution >= 4 is 11.4 Å². The van der Waals surface area contributed by atoms with E-state index in [1.807, 2.05) is 0 Å². The van der Waals surface area contributed by atoms with Crippen LogP contribution in [0.25, 0.3) is 0 Å². The Bertz CT molecular complexity index is 495. The van der Waals surface area contributed by atoms with Crippen LogP contribution in [0.1, 0.15) is 93.2 Å². The molecule has 1 aromatic rings. The van der Waals surface area contributed by atoms with Gasteiger partial charge in [0.2, 0.25) is 0 Å². The Kier molecular flexibility index (Phi) is 4.42. The van der Waals surface area contributed by atoms with Crippen molar-refractivity contribution in [2.45, 2.75) is 83.0 Å². The van der Waals surface area contributed by atoms with Gasteiger partial charge in [0.1, 0.15) is 0 Å². The third-order valence-electron chi connectivity index (χ3n) is 5.64. The van der Waals surface area contributed by atoms with E-state index in [-0.39, 0.29) is 0 Å². The van der Waals surface area contributed by atoms with Crippen LogP contribution in [0.3, 0.4) is 0 Å². The molecule has 0 heterocycles. The molecule has 0 bridgehead atoms. The molecule has 2 fully saturated rings. The maximum Gasteiger partial charge on any atom is 0.0405 e. The third-order valence-corrected chi connectivity index (χ3v) is 5.64. The van der Waals surface area contributed by atoms with Crippen LogP contribution in [0.15, 0.2) is 6.07 Å². The summed E-state index contributed by atoms with van der Waals surface area (Å²) in [5, 5.41) is 0. The summed E-state index contributed by atoms with van der Waals surface area (Å²) in [4.78, 5) is 0. The monoisotopic (exact) mass is 286 g/mol. The van der Waals surface area contributed by atoms with Crippen molar-refractivity contribution in [1.82, 2.24) is 0 Å². The molecule has 2 heteroatoms. The Labute approximate surface area is 129 Å². The molecule has 0 aliphatic heterocycles. The molecule has 2 aliphatic rings. The maximum absolute atomic E-state index is 6.64. The van der Waals surface area contributed by atoms with E-state index >= 15 is 0 Å². The Balaban J connectivity index is 2.04. The molecule has 0 radical (unpaired) electrons. The molecule has 2 nitrogen and oxygen atoms in total. The van der Waals surface area contributed by atoms with Crippen molar-refractivity contribution in [3.05, 3.63) is 22.8 Å². The standard InChI is InChI=1S/C19H30N2/c1-2-7-15-16(13-8-3-4-9-13)12-17(20)18(19(15)21)14-10-5-6-11-14/h12-14H,2-11,20-21H2,1H3. The van der Waals surface area contributed by atoms with Gasteiger partial charge in [-0.25, -0.2) is 0 Å². The lowest BCUT2D eigenvalue weighted by Gasteiger charge is -2.24. The van der Waals surface area contributed by atoms with Gasteiger partial charge in [-0.15, -0.1) is 0 Å². The van der Waals surface area contributed by atoms with E-state index in [2.05, 4.69) is 13.0 Å². The van der Waals surface area contributed by atoms with E-state index in [0.29, 0.717) is 11.8 Å². The quantitative estimate of drug-likeness (QED) is 0.755. The fourth-order valence-electron chi connectivity index (χ4n) is 4.61. The molecule has 21 heavy (non-hydrogen) atoms. The van der Waals surface area contributed by atoms with Crippen molar-refractivity contribution < 1.29 is 0 Å². The van der Waals surface area contributed by atoms with Crippen LogP contribution in [0.5, 0.6) is 0 Å². The second kappa shape index (κ2) is 6.29. The van der Waals surface area contributed by atoms with Crippen LogP contribution >= 0.6 is 0 Å². The van der Waals surface area contributed by atoms with Crippen LogP contribution < -0.4 is 11.5 Å². The zero-order valence-electron chi connectivity index (χ0n) is 13.5. The lowest BCUT2D eigenvalue weighted by atomic mass is 9.84. The highest BCUT2D eigenvalue weighted by Crippen LogP contribution is 2.45. The van der Waals surface area contributed by atoms with Crippen LogP contribution in [-0.4, -0.2) is 0 Å². The zero-order valence-corrected chi connectivity index (χ0v) is 13.5. The van der Waals surface area contributed by atoms with E-state index in [1.165, 1.54) is 68.1 Å². The van der Waals surface area contributed by atoms with Gasteiger partial charge in [-0.05, 0) is 61.1 Å². The molecular weight excluding hydrogens is 256 g/mol. The summed E-state index contributed by atoms with van der Waals surface area (Å²) in [5.74, 6) is 1.31. The summed E-state index contributed by atoms with van der Waals surface area (Å²) < 4.78 is 0. The lowest BCUT2D eigenvalue weighted by Crippen LogP contribution is -2.11. The SMILES string of the molecule is CCCc1c(C2CCCC2)cc(N)c(C2CCCC2)c1N. The first-order valence-corrected chi connectivity index (χ1v) is 8.93. The van der Waals surface area contributed by atoms with Gasteiger partial charge in [0, 0.05) is 16.9 Å². The van der Waals surface area contributed by atoms with E-state index in [4.69, 9.17) is 11.5 Å². The number of nitrogen functional groups attached to an aromatic ring is 2. The van der Waals surface area contributed by atoms with E-state index in [9.17, 15) is 0 Å². The van der Waals surface area contributed by atoms with Crippen molar-refractivity contribution in [2.24, 2.45) is 0 Å². The normalized spacial score (nSPS) is 20.4. The number of nitrogens with two attached hydrogens (primary N) is 2. The fraction of sp³-hybridized carbons (Fsp3) is 0.684. The van der Waals surface area contributed by atoms with Gasteiger partial charge in [0.25, 0.3) is 0 Å². The minimum absolute atomic E-state index is 0.609. The van der Waals surface area contributed by atoms with E-state index in [1.54, 1.807) is 0 Å². The Morgan fingerprint density at radius 2 is 1.52 bits per heavy atom. The van der Waals surface area contributed by atoms with Crippen LogP contribution in [0.4, 0.5) is 11.4 Å². The summed E-state index contributed by atoms with van der Waals surface area (Å²) in [6.45, 7) is 2.25. The van der Waals surface area contributed by atoms with Crippen molar-refractivity contribution in [3.8, 4) is 0 Å². The largest absolute Gasteiger partial charge is 0.398 e. The highest BCUT2D eigenvalue weighted by molar-refractivity contribution is 5.70. The van der Waals surface area contributed by atoms with E-state index < -0.39 is 0 Å². The average molecular weight is 286 g/mol. The fourth-order valence-corrected chi connectivity index (χ4v) is 4.61. The second-order valence-corrected chi connectivity index (χ2v) is 7.07. The van der Waals surface area contributed by atoms with Crippen molar-refractivity contribution in [1.29, 1.82) is 0 Å². The molecule has 2 aliphatic carbocycles. The summed E-state index contributed by atoms with van der Waals surface area (Å²) in [6, 6.07) is 2.30. The van der Waals surface area contributed by atoms with Crippen molar-refractivity contribution in [2.75, 3.05) is 11.5 Å². The molecular formula is C19H30N2. The number of rotatable bonds is 4. The second-order valence-electron chi connectivity index (χ2n) is 7.07. The number of anilines is 2. The minimum Gasteiger partial charge on any atom is -0.398 e. The van der Waals surface area contributed by atoms with Gasteiger partial charge in [-0.3, -0.25) is 0 Å². The first-order valence-electron chi connectivity index (χ1n) is 8.93. The molecule has 0 amide bonds. The average Bonchev–Trinajstić information content (AvgIpc) is 3.14. The van der Waals surface area contributed by atoms with Crippen LogP contribution in [-0.2, 0) is 6.42 Å². The molecule has 0 atom stereocenters. The van der Waals surface area contributed by atoms with Crippen molar-refractivity contribution in [3.63, 3.8) is 0 Å². The summed E-state index contributed by atoms with van der Waals surface area (Å²) in [7, 11) is 0. The molecule has 0 aromatic heterocycles. The summed E-state index contributed by atoms with van der Waals surface area (Å²) >= 11 is 0. The smallest absolute Gasteiger partial charge is 0.0405 e. The molecule has 3 rings (SSSR count). The summed E-state index contributed by atoms with van der Waals surface area (Å²) in [6.07, 6.45) is 12.8. The number of benzene rings is 1. The lowest BCUT2D eigenvalue weighted by molar-refractivity contribution is 0.699. The third kappa shape index (κ3) is 2.77. The highest BCUT2D eigenvalue weighted by Gasteiger charge is 2.27. The Hall–Kier alpha value is -1.18. The molecule has 0 unspecified atom stereocenters. The molecule has 116 valence electrons. The summed E-state index contributed by atoms with van der Waals surface area (Å²) in [5.41, 5.74) is 19.3. The Morgan fingerprint density at radius 3 is 2.10 bits per heavy atom. The molecule has 2 saturated carbocycles. The molecule has 4 N–H and O–H groups in total. The van der Waals surface area contributed by atoms with Gasteiger partial charge in [0.15, 0.2) is 0 Å². The van der Waals surface area contributed by atoms with Gasteiger partial charge in [-0.2, -0.15) is 0 Å². The van der Waals surface area contributed by atoms with Gasteiger partial charge in [-0.1, -0.05) is 39.0 Å². The predicted molar refractivity (Wildman–Crippen MR) is 91.7 cm³/mol. The Morgan fingerprint density at radius 1 is 0.952 bits per heavy atom. The molecule has 1 aromatic carbocycles. The van der Waals surface area contributed by atoms with Gasteiger partial charge >= 0.3 is 0 Å². The number of hydrogen-bond donors (Lipinski definition) is 2. The predicted octanol–water partition coefficient (Wildman–Crippen LogP) is 5.12. The van der Waals surface area contributed by atoms with Gasteiger partial charge < -0.3 is 11.5 Å². The zero-order chi connectivity index (χ0) is 14.8. The number of hydrogen-bond acceptors (Lipinski definition) is 2. The first-order chi connectivity index (χ1) is 10.2. The molecule has 0 saturated heterocycles. The first kappa shape index (κ1) is 14.7. The van der Waals surface area contributed by atoms with Crippen LogP contribution in [0, 0.1) is 0 Å². The van der Waals surface area contributed by atoms with Crippen LogP contribution in [0.2, 0.25) is 0 Å². The van der Waals surface area contributed by atoms with E-state index in [0.717, 1.165) is 24.2 Å².